The van der Waals surface area contributed by atoms with Crippen molar-refractivity contribution in [3.8, 4) is 0 Å². The van der Waals surface area contributed by atoms with E-state index >= 15 is 0 Å². The molecular weight excluding hydrogens is 282 g/mol. The zero-order valence-electron chi connectivity index (χ0n) is 11.9. The number of fused-ring (bicyclic) bond motifs is 1. The third-order valence-electron chi connectivity index (χ3n) is 3.65. The normalized spacial score (nSPS) is 14.4. The number of H-pyrrole nitrogens is 1. The molecule has 0 amide bonds. The van der Waals surface area contributed by atoms with E-state index in [-0.39, 0.29) is 6.04 Å². The maximum absolute atomic E-state index is 10.2. The molecule has 0 aliphatic rings. The van der Waals surface area contributed by atoms with Crippen molar-refractivity contribution in [3.63, 3.8) is 0 Å². The molecule has 0 aliphatic heterocycles. The number of aliphatic hydroxyl groups is 1. The summed E-state index contributed by atoms with van der Waals surface area (Å²) < 4.78 is 0. The summed E-state index contributed by atoms with van der Waals surface area (Å²) in [7, 11) is 0. The van der Waals surface area contributed by atoms with Gasteiger partial charge in [-0.1, -0.05) is 24.3 Å². The van der Waals surface area contributed by atoms with Gasteiger partial charge in [-0.25, -0.2) is 0 Å². The van der Waals surface area contributed by atoms with E-state index in [1.54, 1.807) is 11.3 Å². The number of benzene rings is 1. The van der Waals surface area contributed by atoms with Crippen LogP contribution in [0, 0.1) is 0 Å². The van der Waals surface area contributed by atoms with Crippen molar-refractivity contribution < 1.29 is 5.11 Å². The second-order valence-electron chi connectivity index (χ2n) is 5.30. The molecule has 0 spiro atoms. The summed E-state index contributed by atoms with van der Waals surface area (Å²) in [4.78, 5) is 1.03. The fraction of sp³-hybridized carbons (Fsp3) is 0.312. The number of rotatable bonds is 6. The first-order valence-electron chi connectivity index (χ1n) is 7.10. The van der Waals surface area contributed by atoms with E-state index in [1.165, 1.54) is 5.56 Å². The summed E-state index contributed by atoms with van der Waals surface area (Å²) in [5, 5.41) is 23.9. The first kappa shape index (κ1) is 14.3. The van der Waals surface area contributed by atoms with Gasteiger partial charge in [0.05, 0.1) is 17.8 Å². The SMILES string of the molecule is C[C@H](C[C@@H](O)c1cccs1)NCc1cccc2cn[nH]c12. The highest BCUT2D eigenvalue weighted by Gasteiger charge is 2.13. The average Bonchev–Trinajstić information content (AvgIpc) is 3.15. The number of hydrogen-bond donors (Lipinski definition) is 3. The average molecular weight is 301 g/mol. The molecule has 21 heavy (non-hydrogen) atoms. The van der Waals surface area contributed by atoms with Gasteiger partial charge in [0.15, 0.2) is 0 Å². The van der Waals surface area contributed by atoms with Gasteiger partial charge in [-0.15, -0.1) is 11.3 Å². The number of hydrogen-bond acceptors (Lipinski definition) is 4. The largest absolute Gasteiger partial charge is 0.388 e. The molecule has 0 saturated heterocycles. The van der Waals surface area contributed by atoms with Crippen LogP contribution in [0.2, 0.25) is 0 Å². The van der Waals surface area contributed by atoms with Crippen molar-refractivity contribution in [2.24, 2.45) is 0 Å². The lowest BCUT2D eigenvalue weighted by molar-refractivity contribution is 0.157. The van der Waals surface area contributed by atoms with Gasteiger partial charge in [0.2, 0.25) is 0 Å². The molecule has 2 atom stereocenters. The van der Waals surface area contributed by atoms with Crippen molar-refractivity contribution in [2.45, 2.75) is 32.0 Å². The van der Waals surface area contributed by atoms with Crippen LogP contribution in [-0.2, 0) is 6.54 Å². The molecule has 0 radical (unpaired) electrons. The van der Waals surface area contributed by atoms with Crippen LogP contribution in [0.4, 0.5) is 0 Å². The van der Waals surface area contributed by atoms with Crippen LogP contribution >= 0.6 is 11.3 Å². The lowest BCUT2D eigenvalue weighted by atomic mass is 10.1. The van der Waals surface area contributed by atoms with E-state index in [2.05, 4.69) is 28.5 Å². The topological polar surface area (TPSA) is 60.9 Å². The summed E-state index contributed by atoms with van der Waals surface area (Å²) in [5.74, 6) is 0. The number of thiophene rings is 1. The molecule has 0 unspecified atom stereocenters. The van der Waals surface area contributed by atoms with E-state index < -0.39 is 6.10 Å². The number of aliphatic hydroxyl groups excluding tert-OH is 1. The van der Waals surface area contributed by atoms with Crippen LogP contribution in [0.15, 0.2) is 41.9 Å². The van der Waals surface area contributed by atoms with Gasteiger partial charge in [-0.2, -0.15) is 5.10 Å². The maximum atomic E-state index is 10.2. The van der Waals surface area contributed by atoms with Crippen molar-refractivity contribution in [2.75, 3.05) is 0 Å². The Morgan fingerprint density at radius 2 is 2.24 bits per heavy atom. The van der Waals surface area contributed by atoms with Gasteiger partial charge >= 0.3 is 0 Å². The van der Waals surface area contributed by atoms with E-state index in [4.69, 9.17) is 0 Å². The van der Waals surface area contributed by atoms with Crippen molar-refractivity contribution in [3.05, 3.63) is 52.3 Å². The first-order chi connectivity index (χ1) is 10.2. The number of nitrogens with one attached hydrogen (secondary N) is 2. The first-order valence-corrected chi connectivity index (χ1v) is 7.98. The smallest absolute Gasteiger partial charge is 0.0896 e. The summed E-state index contributed by atoms with van der Waals surface area (Å²) in [6.45, 7) is 2.86. The monoisotopic (exact) mass is 301 g/mol. The lowest BCUT2D eigenvalue weighted by Gasteiger charge is -2.17. The highest BCUT2D eigenvalue weighted by molar-refractivity contribution is 7.10. The molecule has 2 aromatic heterocycles. The number of aromatic amines is 1. The molecule has 110 valence electrons. The zero-order chi connectivity index (χ0) is 14.7. The second-order valence-corrected chi connectivity index (χ2v) is 6.28. The molecular formula is C16H19N3OS. The Hall–Kier alpha value is -1.69. The predicted octanol–water partition coefficient (Wildman–Crippen LogP) is 3.23. The number of aromatic nitrogens is 2. The molecule has 3 N–H and O–H groups in total. The zero-order valence-corrected chi connectivity index (χ0v) is 12.7. The molecule has 0 aliphatic carbocycles. The highest BCUT2D eigenvalue weighted by Crippen LogP contribution is 2.23. The molecule has 4 nitrogen and oxygen atoms in total. The van der Waals surface area contributed by atoms with Crippen LogP contribution in [0.5, 0.6) is 0 Å². The van der Waals surface area contributed by atoms with Crippen LogP contribution < -0.4 is 5.32 Å². The molecule has 3 rings (SSSR count). The molecule has 0 fully saturated rings. The summed E-state index contributed by atoms with van der Waals surface area (Å²) in [5.41, 5.74) is 2.28. The van der Waals surface area contributed by atoms with Crippen LogP contribution in [-0.4, -0.2) is 21.3 Å². The molecule has 2 heterocycles. The molecule has 0 bridgehead atoms. The molecule has 5 heteroatoms. The molecule has 3 aromatic rings. The van der Waals surface area contributed by atoms with Gasteiger partial charge in [-0.3, -0.25) is 5.10 Å². The Morgan fingerprint density at radius 3 is 3.05 bits per heavy atom. The van der Waals surface area contributed by atoms with E-state index in [0.29, 0.717) is 6.42 Å². The summed E-state index contributed by atoms with van der Waals surface area (Å²) in [6.07, 6.45) is 2.15. The minimum Gasteiger partial charge on any atom is -0.388 e. The standard InChI is InChI=1S/C16H19N3OS/c1-11(8-14(20)15-6-3-7-21-15)17-9-12-4-2-5-13-10-18-19-16(12)13/h2-7,10-11,14,17,20H,8-9H2,1H3,(H,18,19)/t11-,14-/m1/s1. The quantitative estimate of drug-likeness (QED) is 0.655. The fourth-order valence-electron chi connectivity index (χ4n) is 2.48. The van der Waals surface area contributed by atoms with Gasteiger partial charge in [-0.05, 0) is 30.4 Å². The van der Waals surface area contributed by atoms with E-state index in [9.17, 15) is 5.11 Å². The van der Waals surface area contributed by atoms with Gasteiger partial charge in [0.1, 0.15) is 0 Å². The molecule has 0 saturated carbocycles. The Morgan fingerprint density at radius 1 is 1.33 bits per heavy atom. The Bertz CT molecular complexity index is 692. The maximum Gasteiger partial charge on any atom is 0.0896 e. The van der Waals surface area contributed by atoms with Crippen molar-refractivity contribution in [1.29, 1.82) is 0 Å². The van der Waals surface area contributed by atoms with Crippen molar-refractivity contribution >= 4 is 22.2 Å². The highest BCUT2D eigenvalue weighted by atomic mass is 32.1. The van der Waals surface area contributed by atoms with E-state index in [1.807, 2.05) is 35.8 Å². The Labute approximate surface area is 127 Å². The van der Waals surface area contributed by atoms with Crippen LogP contribution in [0.25, 0.3) is 10.9 Å². The summed E-state index contributed by atoms with van der Waals surface area (Å²) >= 11 is 1.60. The minimum absolute atomic E-state index is 0.236. The van der Waals surface area contributed by atoms with Crippen molar-refractivity contribution in [1.82, 2.24) is 15.5 Å². The van der Waals surface area contributed by atoms with Crippen LogP contribution in [0.1, 0.15) is 29.9 Å². The molecule has 1 aromatic carbocycles. The lowest BCUT2D eigenvalue weighted by Crippen LogP contribution is -2.27. The Kier molecular flexibility index (Phi) is 4.34. The Balaban J connectivity index is 1.58. The predicted molar refractivity (Wildman–Crippen MR) is 86.3 cm³/mol. The van der Waals surface area contributed by atoms with Crippen LogP contribution in [0.3, 0.4) is 0 Å². The third-order valence-corrected chi connectivity index (χ3v) is 4.63. The second kappa shape index (κ2) is 6.39. The minimum atomic E-state index is -0.393. The van der Waals surface area contributed by atoms with Gasteiger partial charge < -0.3 is 10.4 Å². The fourth-order valence-corrected chi connectivity index (χ4v) is 3.20. The van der Waals surface area contributed by atoms with Gasteiger partial charge in [0.25, 0.3) is 0 Å². The van der Waals surface area contributed by atoms with Gasteiger partial charge in [0, 0.05) is 22.8 Å². The third kappa shape index (κ3) is 3.32. The number of nitrogens with zero attached hydrogens (tertiary/aromatic N) is 1. The number of para-hydroxylation sites is 1. The summed E-state index contributed by atoms with van der Waals surface area (Å²) in [6, 6.07) is 10.4. The van der Waals surface area contributed by atoms with E-state index in [0.717, 1.165) is 22.3 Å².